The minimum Gasteiger partial charge on any atom is -0.379 e. The summed E-state index contributed by atoms with van der Waals surface area (Å²) in [7, 11) is 0. The lowest BCUT2D eigenvalue weighted by molar-refractivity contribution is -0.385. The molecule has 0 amide bonds. The molecule has 0 bridgehead atoms. The monoisotopic (exact) mass is 356 g/mol. The van der Waals surface area contributed by atoms with E-state index in [4.69, 9.17) is 11.6 Å². The van der Waals surface area contributed by atoms with Crippen molar-refractivity contribution in [2.24, 2.45) is 0 Å². The average Bonchev–Trinajstić information content (AvgIpc) is 2.53. The molecule has 0 fully saturated rings. The number of carbonyl (C=O) groups excluding carboxylic acids is 1. The van der Waals surface area contributed by atoms with Gasteiger partial charge in [-0.3, -0.25) is 14.9 Å². The lowest BCUT2D eigenvalue weighted by Crippen LogP contribution is -2.43. The van der Waals surface area contributed by atoms with Crippen LogP contribution in [-0.4, -0.2) is 16.2 Å². The minimum absolute atomic E-state index is 0.0701. The van der Waals surface area contributed by atoms with Crippen LogP contribution in [0.15, 0.2) is 48.5 Å². The van der Waals surface area contributed by atoms with Gasteiger partial charge in [0.05, 0.1) is 10.5 Å². The zero-order valence-corrected chi connectivity index (χ0v) is 14.6. The number of hydrogen-bond acceptors (Lipinski definition) is 4. The Labute approximate surface area is 150 Å². The first kappa shape index (κ1) is 17.2. The molecule has 1 aliphatic rings. The van der Waals surface area contributed by atoms with Crippen LogP contribution in [0.3, 0.4) is 0 Å². The fraction of sp³-hybridized carbons (Fsp3) is 0.211. The molecule has 2 aromatic rings. The number of rotatable bonds is 3. The maximum absolute atomic E-state index is 12.7. The number of fused-ring (bicyclic) bond motifs is 1. The summed E-state index contributed by atoms with van der Waals surface area (Å²) in [5, 5.41) is 15.1. The van der Waals surface area contributed by atoms with Crippen LogP contribution in [0.1, 0.15) is 35.3 Å². The Morgan fingerprint density at radius 3 is 2.72 bits per heavy atom. The van der Waals surface area contributed by atoms with Crippen LogP contribution in [0, 0.1) is 10.1 Å². The standard InChI is InChI=1S/C19H17ClN2O3/c1-19(2)11-12-9-13(20)7-8-14(12)16(21-19)10-18(23)15-5-3-4-6-17(15)22(24)25/h3-10,21H,11H2,1-2H3. The molecule has 0 aliphatic carbocycles. The second-order valence-electron chi connectivity index (χ2n) is 6.68. The van der Waals surface area contributed by atoms with E-state index >= 15 is 0 Å². The van der Waals surface area contributed by atoms with Gasteiger partial charge in [0.1, 0.15) is 0 Å². The Hall–Kier alpha value is -2.66. The quantitative estimate of drug-likeness (QED) is 0.383. The van der Waals surface area contributed by atoms with Gasteiger partial charge in [-0.1, -0.05) is 29.8 Å². The molecule has 0 aromatic heterocycles. The molecule has 3 rings (SSSR count). The number of allylic oxidation sites excluding steroid dienone is 1. The van der Waals surface area contributed by atoms with Crippen LogP contribution in [0.5, 0.6) is 0 Å². The van der Waals surface area contributed by atoms with Gasteiger partial charge in [0.15, 0.2) is 5.78 Å². The Morgan fingerprint density at radius 1 is 1.28 bits per heavy atom. The van der Waals surface area contributed by atoms with Crippen molar-refractivity contribution in [2.75, 3.05) is 0 Å². The fourth-order valence-corrected chi connectivity index (χ4v) is 3.28. The van der Waals surface area contributed by atoms with Gasteiger partial charge in [-0.2, -0.15) is 0 Å². The lowest BCUT2D eigenvalue weighted by atomic mass is 9.85. The molecule has 0 spiro atoms. The summed E-state index contributed by atoms with van der Waals surface area (Å²) >= 11 is 6.09. The van der Waals surface area contributed by atoms with E-state index in [0.29, 0.717) is 10.7 Å². The molecule has 1 heterocycles. The van der Waals surface area contributed by atoms with Gasteiger partial charge in [-0.05, 0) is 44.0 Å². The number of nitro groups is 1. The van der Waals surface area contributed by atoms with E-state index in [1.165, 1.54) is 18.2 Å². The van der Waals surface area contributed by atoms with Crippen molar-refractivity contribution >= 4 is 28.8 Å². The van der Waals surface area contributed by atoms with Crippen LogP contribution in [0.2, 0.25) is 5.02 Å². The molecular weight excluding hydrogens is 340 g/mol. The number of nitrogens with one attached hydrogen (secondary N) is 1. The van der Waals surface area contributed by atoms with Crippen molar-refractivity contribution in [1.82, 2.24) is 5.32 Å². The van der Waals surface area contributed by atoms with E-state index < -0.39 is 10.7 Å². The highest BCUT2D eigenvalue weighted by atomic mass is 35.5. The van der Waals surface area contributed by atoms with E-state index in [9.17, 15) is 14.9 Å². The normalized spacial score (nSPS) is 16.8. The molecule has 0 unspecified atom stereocenters. The number of ketones is 1. The maximum atomic E-state index is 12.7. The molecule has 128 valence electrons. The Morgan fingerprint density at radius 2 is 2.00 bits per heavy atom. The van der Waals surface area contributed by atoms with Crippen LogP contribution in [0.4, 0.5) is 5.69 Å². The molecule has 0 radical (unpaired) electrons. The predicted octanol–water partition coefficient (Wildman–Crippen LogP) is 4.40. The predicted molar refractivity (Wildman–Crippen MR) is 97.8 cm³/mol. The average molecular weight is 357 g/mol. The largest absolute Gasteiger partial charge is 0.379 e. The minimum atomic E-state index is -0.544. The number of para-hydroxylation sites is 1. The van der Waals surface area contributed by atoms with Gasteiger partial charge in [-0.25, -0.2) is 0 Å². The molecular formula is C19H17ClN2O3. The van der Waals surface area contributed by atoms with Crippen molar-refractivity contribution in [2.45, 2.75) is 25.8 Å². The topological polar surface area (TPSA) is 72.2 Å². The smallest absolute Gasteiger partial charge is 0.280 e. The molecule has 0 saturated heterocycles. The number of halogens is 1. The Bertz CT molecular complexity index is 903. The van der Waals surface area contributed by atoms with Crippen LogP contribution >= 0.6 is 11.6 Å². The van der Waals surface area contributed by atoms with Gasteiger partial charge >= 0.3 is 0 Å². The molecule has 25 heavy (non-hydrogen) atoms. The summed E-state index contributed by atoms with van der Waals surface area (Å²) in [5.41, 5.74) is 2.18. The van der Waals surface area contributed by atoms with Crippen LogP contribution in [-0.2, 0) is 6.42 Å². The molecule has 1 N–H and O–H groups in total. The summed E-state index contributed by atoms with van der Waals surface area (Å²) < 4.78 is 0. The van der Waals surface area contributed by atoms with Gasteiger partial charge in [0.2, 0.25) is 0 Å². The zero-order chi connectivity index (χ0) is 18.2. The zero-order valence-electron chi connectivity index (χ0n) is 13.9. The van der Waals surface area contributed by atoms with Crippen LogP contribution in [0.25, 0.3) is 5.70 Å². The van der Waals surface area contributed by atoms with Gasteiger partial charge in [0, 0.05) is 34.0 Å². The van der Waals surface area contributed by atoms with E-state index in [-0.39, 0.29) is 16.8 Å². The first-order valence-corrected chi connectivity index (χ1v) is 8.21. The first-order chi connectivity index (χ1) is 11.8. The third kappa shape index (κ3) is 3.56. The third-order valence-corrected chi connectivity index (χ3v) is 4.34. The van der Waals surface area contributed by atoms with Crippen LogP contribution < -0.4 is 5.32 Å². The van der Waals surface area contributed by atoms with Gasteiger partial charge in [0.25, 0.3) is 5.69 Å². The van der Waals surface area contributed by atoms with Crippen molar-refractivity contribution in [3.05, 3.63) is 80.4 Å². The van der Waals surface area contributed by atoms with Crippen molar-refractivity contribution in [1.29, 1.82) is 0 Å². The summed E-state index contributed by atoms with van der Waals surface area (Å²) in [5.74, 6) is -0.409. The first-order valence-electron chi connectivity index (χ1n) is 7.83. The number of carbonyl (C=O) groups is 1. The highest BCUT2D eigenvalue weighted by Gasteiger charge is 2.28. The Balaban J connectivity index is 2.07. The van der Waals surface area contributed by atoms with Crippen molar-refractivity contribution in [3.63, 3.8) is 0 Å². The molecule has 0 atom stereocenters. The molecule has 0 saturated carbocycles. The van der Waals surface area contributed by atoms with E-state index in [1.54, 1.807) is 18.2 Å². The number of nitro benzene ring substituents is 1. The second-order valence-corrected chi connectivity index (χ2v) is 7.12. The maximum Gasteiger partial charge on any atom is 0.280 e. The molecule has 6 heteroatoms. The Kier molecular flexibility index (Phi) is 4.35. The highest BCUT2D eigenvalue weighted by Crippen LogP contribution is 2.32. The summed E-state index contributed by atoms with van der Waals surface area (Å²) in [4.78, 5) is 23.3. The summed E-state index contributed by atoms with van der Waals surface area (Å²) in [6.07, 6.45) is 2.19. The van der Waals surface area contributed by atoms with Gasteiger partial charge < -0.3 is 5.32 Å². The number of benzene rings is 2. The second kappa shape index (κ2) is 6.33. The van der Waals surface area contributed by atoms with Crippen molar-refractivity contribution < 1.29 is 9.72 Å². The SMILES string of the molecule is CC1(C)Cc2cc(Cl)ccc2C(=CC(=O)c2ccccc2[N+](=O)[O-])N1. The van der Waals surface area contributed by atoms with E-state index in [1.807, 2.05) is 26.0 Å². The van der Waals surface area contributed by atoms with Crippen molar-refractivity contribution in [3.8, 4) is 0 Å². The summed E-state index contributed by atoms with van der Waals surface area (Å²) in [6.45, 7) is 4.06. The summed E-state index contributed by atoms with van der Waals surface area (Å²) in [6, 6.07) is 11.5. The van der Waals surface area contributed by atoms with Gasteiger partial charge in [-0.15, -0.1) is 0 Å². The number of hydrogen-bond donors (Lipinski definition) is 1. The molecule has 2 aromatic carbocycles. The molecule has 1 aliphatic heterocycles. The van der Waals surface area contributed by atoms with E-state index in [0.717, 1.165) is 17.5 Å². The highest BCUT2D eigenvalue weighted by molar-refractivity contribution is 6.30. The van der Waals surface area contributed by atoms with E-state index in [2.05, 4.69) is 5.32 Å². The molecule has 5 nitrogen and oxygen atoms in total. The number of nitrogens with zero attached hydrogens (tertiary/aromatic N) is 1. The lowest BCUT2D eigenvalue weighted by Gasteiger charge is -2.35. The fourth-order valence-electron chi connectivity index (χ4n) is 3.09. The third-order valence-electron chi connectivity index (χ3n) is 4.10.